The van der Waals surface area contributed by atoms with E-state index in [4.69, 9.17) is 9.90 Å². The van der Waals surface area contributed by atoms with Crippen LogP contribution in [0.1, 0.15) is 28.4 Å². The molecule has 94 valence electrons. The van der Waals surface area contributed by atoms with Gasteiger partial charge in [0.15, 0.2) is 0 Å². The number of carboxylic acid groups (broad SMARTS) is 1. The van der Waals surface area contributed by atoms with E-state index >= 15 is 0 Å². The molecule has 4 nitrogen and oxygen atoms in total. The van der Waals surface area contributed by atoms with Gasteiger partial charge in [0.05, 0.1) is 6.10 Å². The number of likely N-dealkylation sites (N-methyl/N-ethyl adjacent to an activating group) is 1. The molecule has 0 spiro atoms. The van der Waals surface area contributed by atoms with Crippen LogP contribution in [0.5, 0.6) is 0 Å². The maximum absolute atomic E-state index is 9.73. The summed E-state index contributed by atoms with van der Waals surface area (Å²) in [7, 11) is 1.84. The van der Waals surface area contributed by atoms with Crippen molar-refractivity contribution in [2.75, 3.05) is 7.05 Å². The molecule has 5 heteroatoms. The van der Waals surface area contributed by atoms with Gasteiger partial charge in [-0.25, -0.2) is 0 Å². The molecule has 0 saturated carbocycles. The summed E-state index contributed by atoms with van der Waals surface area (Å²) in [6.07, 6.45) is -0.420. The van der Waals surface area contributed by atoms with Crippen LogP contribution in [-0.2, 0) is 4.79 Å². The first-order valence-electron chi connectivity index (χ1n) is 5.08. The Kier molecular flexibility index (Phi) is 12.4. The molecule has 0 saturated heterocycles. The monoisotopic (exact) mass is 267 g/mol. The van der Waals surface area contributed by atoms with Gasteiger partial charge < -0.3 is 18.4 Å². The predicted octanol–water partition coefficient (Wildman–Crippen LogP) is 1.26. The fourth-order valence-electron chi connectivity index (χ4n) is 1.10. The smallest absolute Gasteiger partial charge is 1.00 e. The average molecular weight is 267 g/mol. The van der Waals surface area contributed by atoms with Gasteiger partial charge in [-0.05, 0) is 19.5 Å². The minimum absolute atomic E-state index is 0. The Labute approximate surface area is 135 Å². The molecule has 3 N–H and O–H groups in total. The minimum Gasteiger partial charge on any atom is -1.00 e. The number of rotatable bonds is 3. The first kappa shape index (κ1) is 19.2. The Morgan fingerprint density at radius 2 is 1.76 bits per heavy atom. The summed E-state index contributed by atoms with van der Waals surface area (Å²) < 4.78 is 0. The van der Waals surface area contributed by atoms with Crippen molar-refractivity contribution in [3.63, 3.8) is 0 Å². The molecular weight excluding hydrogens is 246 g/mol. The maximum Gasteiger partial charge on any atom is 2.00 e. The van der Waals surface area contributed by atoms with Gasteiger partial charge in [0.2, 0.25) is 0 Å². The second-order valence-electron chi connectivity index (χ2n) is 3.45. The fraction of sp³-hybridized carbons (Fsp3) is 0.417. The third-order valence-electron chi connectivity index (χ3n) is 2.07. The van der Waals surface area contributed by atoms with Gasteiger partial charge in [-0.1, -0.05) is 30.3 Å². The molecule has 1 aromatic rings. The van der Waals surface area contributed by atoms with E-state index in [0.29, 0.717) is 0 Å². The number of hydrogen-bond donors (Lipinski definition) is 3. The number of hydrogen-bond acceptors (Lipinski definition) is 3. The Morgan fingerprint density at radius 1 is 1.35 bits per heavy atom. The first-order valence-corrected chi connectivity index (χ1v) is 5.08. The van der Waals surface area contributed by atoms with Gasteiger partial charge in [0.1, 0.15) is 0 Å². The van der Waals surface area contributed by atoms with E-state index in [0.717, 1.165) is 12.5 Å². The van der Waals surface area contributed by atoms with Crippen LogP contribution in [0.15, 0.2) is 30.3 Å². The maximum atomic E-state index is 9.73. The first-order chi connectivity index (χ1) is 7.49. The van der Waals surface area contributed by atoms with Crippen molar-refractivity contribution in [1.82, 2.24) is 5.32 Å². The summed E-state index contributed by atoms with van der Waals surface area (Å²) in [4.78, 5) is 9.00. The van der Waals surface area contributed by atoms with Crippen molar-refractivity contribution < 1.29 is 17.9 Å². The minimum atomic E-state index is -0.833. The number of aliphatic carboxylic acids is 1. The number of carbonyl (C=O) groups is 1. The largest absolute Gasteiger partial charge is 2.00 e. The topological polar surface area (TPSA) is 69.6 Å². The van der Waals surface area contributed by atoms with Gasteiger partial charge in [-0.3, -0.25) is 4.79 Å². The van der Waals surface area contributed by atoms with Crippen LogP contribution < -0.4 is 5.32 Å². The van der Waals surface area contributed by atoms with Crippen molar-refractivity contribution in [3.05, 3.63) is 35.9 Å². The van der Waals surface area contributed by atoms with Crippen molar-refractivity contribution in [3.8, 4) is 0 Å². The van der Waals surface area contributed by atoms with Crippen LogP contribution >= 0.6 is 0 Å². The summed E-state index contributed by atoms with van der Waals surface area (Å²) in [5.41, 5.74) is 0.958. The van der Waals surface area contributed by atoms with Crippen molar-refractivity contribution in [1.29, 1.82) is 0 Å². The SMILES string of the molecule is CC(=O)O.CN[C@@H](C)[C@@H](O)c1ccccc1.[Ca+2].[H-].[H-]. The van der Waals surface area contributed by atoms with Crippen molar-refractivity contribution in [2.24, 2.45) is 0 Å². The van der Waals surface area contributed by atoms with E-state index in [9.17, 15) is 5.11 Å². The second kappa shape index (κ2) is 11.0. The van der Waals surface area contributed by atoms with Crippen molar-refractivity contribution in [2.45, 2.75) is 26.0 Å². The number of nitrogens with one attached hydrogen (secondary N) is 1. The van der Waals surface area contributed by atoms with Gasteiger partial charge in [-0.2, -0.15) is 0 Å². The molecule has 0 aromatic heterocycles. The zero-order valence-corrected chi connectivity index (χ0v) is 12.8. The fourth-order valence-corrected chi connectivity index (χ4v) is 1.10. The number of carboxylic acids is 1. The molecule has 0 aliphatic carbocycles. The Hall–Kier alpha value is -0.130. The zero-order valence-electron chi connectivity index (χ0n) is 12.6. The van der Waals surface area contributed by atoms with Crippen LogP contribution in [0, 0.1) is 0 Å². The second-order valence-corrected chi connectivity index (χ2v) is 3.45. The molecular formula is C12H21CaNO3. The van der Waals surface area contributed by atoms with Gasteiger partial charge >= 0.3 is 37.7 Å². The summed E-state index contributed by atoms with van der Waals surface area (Å²) in [5.74, 6) is -0.833. The van der Waals surface area contributed by atoms with Crippen LogP contribution in [0.3, 0.4) is 0 Å². The molecule has 0 fully saturated rings. The third kappa shape index (κ3) is 9.56. The third-order valence-corrected chi connectivity index (χ3v) is 2.07. The quantitative estimate of drug-likeness (QED) is 0.721. The summed E-state index contributed by atoms with van der Waals surface area (Å²) in [6, 6.07) is 9.76. The normalized spacial score (nSPS) is 12.5. The summed E-state index contributed by atoms with van der Waals surface area (Å²) >= 11 is 0. The zero-order chi connectivity index (χ0) is 12.6. The number of aliphatic hydroxyl groups is 1. The number of benzene rings is 1. The van der Waals surface area contributed by atoms with Crippen LogP contribution in [-0.4, -0.2) is 67.0 Å². The summed E-state index contributed by atoms with van der Waals surface area (Å²) in [5, 5.41) is 20.2. The molecule has 0 unspecified atom stereocenters. The van der Waals surface area contributed by atoms with E-state index in [1.165, 1.54) is 0 Å². The van der Waals surface area contributed by atoms with E-state index in [1.807, 2.05) is 44.3 Å². The van der Waals surface area contributed by atoms with E-state index < -0.39 is 12.1 Å². The van der Waals surface area contributed by atoms with Crippen molar-refractivity contribution >= 4 is 43.7 Å². The van der Waals surface area contributed by atoms with Gasteiger partial charge in [0.25, 0.3) is 5.97 Å². The molecule has 0 heterocycles. The Morgan fingerprint density at radius 3 is 2.12 bits per heavy atom. The number of aliphatic hydroxyl groups excluding tert-OH is 1. The van der Waals surface area contributed by atoms with Gasteiger partial charge in [-0.15, -0.1) is 0 Å². The van der Waals surface area contributed by atoms with E-state index in [-0.39, 0.29) is 46.6 Å². The molecule has 0 bridgehead atoms. The standard InChI is InChI=1S/C10H15NO.C2H4O2.Ca.2H/c1-8(11-2)10(12)9-6-4-3-5-7-9;1-2(3)4;;;/h3-8,10-12H,1-2H3;1H3,(H,3,4);;;/q;;+2;2*-1/t8-,10+;;;;/m0..../s1. The van der Waals surface area contributed by atoms with E-state index in [1.54, 1.807) is 0 Å². The molecule has 2 atom stereocenters. The van der Waals surface area contributed by atoms with Gasteiger partial charge in [0, 0.05) is 13.0 Å². The summed E-state index contributed by atoms with van der Waals surface area (Å²) in [6.45, 7) is 3.04. The molecule has 0 aliphatic rings. The predicted molar refractivity (Wildman–Crippen MR) is 71.2 cm³/mol. The average Bonchev–Trinajstić information content (AvgIpc) is 2.27. The molecule has 0 radical (unpaired) electrons. The molecule has 17 heavy (non-hydrogen) atoms. The molecule has 1 rings (SSSR count). The van der Waals surface area contributed by atoms with Crippen LogP contribution in [0.25, 0.3) is 0 Å². The van der Waals surface area contributed by atoms with Crippen LogP contribution in [0.4, 0.5) is 0 Å². The molecule has 0 amide bonds. The Balaban J connectivity index is -0.000000144. The van der Waals surface area contributed by atoms with Crippen LogP contribution in [0.2, 0.25) is 0 Å². The molecule has 0 aliphatic heterocycles. The Bertz CT molecular complexity index is 311. The van der Waals surface area contributed by atoms with E-state index in [2.05, 4.69) is 5.32 Å². The molecule has 1 aromatic carbocycles.